The highest BCUT2D eigenvalue weighted by Crippen LogP contribution is 2.22. The summed E-state index contributed by atoms with van der Waals surface area (Å²) < 4.78 is 7.17. The molecule has 0 spiro atoms. The highest BCUT2D eigenvalue weighted by atomic mass is 16.5. The number of aromatic nitrogens is 4. The maximum Gasteiger partial charge on any atom is 0.209 e. The molecule has 1 aromatic heterocycles. The second-order valence-corrected chi connectivity index (χ2v) is 7.88. The first kappa shape index (κ1) is 20.7. The van der Waals surface area contributed by atoms with Crippen LogP contribution in [0, 0.1) is 13.8 Å². The van der Waals surface area contributed by atoms with Crippen molar-refractivity contribution in [2.24, 2.45) is 0 Å². The first-order valence-corrected chi connectivity index (χ1v) is 10.6. The molecule has 0 aliphatic carbocycles. The Morgan fingerprint density at radius 3 is 2.71 bits per heavy atom. The van der Waals surface area contributed by atoms with Gasteiger partial charge in [-0.15, -0.1) is 5.10 Å². The van der Waals surface area contributed by atoms with Gasteiger partial charge >= 0.3 is 0 Å². The number of anilines is 1. The van der Waals surface area contributed by atoms with E-state index in [1.54, 1.807) is 12.0 Å². The third kappa shape index (κ3) is 4.89. The lowest BCUT2D eigenvalue weighted by Gasteiger charge is -2.37. The fourth-order valence-corrected chi connectivity index (χ4v) is 4.17. The molecule has 1 atom stereocenters. The zero-order valence-corrected chi connectivity index (χ0v) is 17.8. The maximum atomic E-state index is 5.23. The first-order valence-electron chi connectivity index (χ1n) is 10.6. The highest BCUT2D eigenvalue weighted by Gasteiger charge is 2.32. The molecule has 154 valence electrons. The number of ether oxygens (including phenoxy) is 1. The lowest BCUT2D eigenvalue weighted by molar-refractivity contribution is -0.933. The molecule has 0 radical (unpaired) electrons. The maximum absolute atomic E-state index is 5.23. The first-order chi connectivity index (χ1) is 13.6. The van der Waals surface area contributed by atoms with E-state index in [0.717, 1.165) is 38.4 Å². The minimum atomic E-state index is 0.354. The van der Waals surface area contributed by atoms with Crippen LogP contribution >= 0.6 is 0 Å². The van der Waals surface area contributed by atoms with Crippen molar-refractivity contribution in [3.63, 3.8) is 0 Å². The van der Waals surface area contributed by atoms with E-state index in [1.165, 1.54) is 29.7 Å². The Bertz CT molecular complexity index is 738. The normalized spacial score (nSPS) is 16.5. The van der Waals surface area contributed by atoms with E-state index in [2.05, 4.69) is 59.4 Å². The van der Waals surface area contributed by atoms with Gasteiger partial charge in [-0.1, -0.05) is 25.5 Å². The van der Waals surface area contributed by atoms with E-state index in [4.69, 9.17) is 4.74 Å². The Morgan fingerprint density at radius 1 is 1.21 bits per heavy atom. The van der Waals surface area contributed by atoms with Gasteiger partial charge in [0, 0.05) is 19.2 Å². The smallest absolute Gasteiger partial charge is 0.209 e. The van der Waals surface area contributed by atoms with Crippen molar-refractivity contribution >= 4 is 5.69 Å². The number of quaternary nitrogens is 1. The van der Waals surface area contributed by atoms with Crippen LogP contribution in [0.25, 0.3) is 0 Å². The Balaban J connectivity index is 1.71. The van der Waals surface area contributed by atoms with Crippen LogP contribution in [0.5, 0.6) is 0 Å². The monoisotopic (exact) mass is 387 g/mol. The van der Waals surface area contributed by atoms with Crippen LogP contribution in [0.15, 0.2) is 18.2 Å². The van der Waals surface area contributed by atoms with Crippen molar-refractivity contribution in [2.75, 3.05) is 44.8 Å². The van der Waals surface area contributed by atoms with Gasteiger partial charge in [0.2, 0.25) is 5.82 Å². The fraction of sp³-hybridized carbons (Fsp3) is 0.667. The molecule has 7 heteroatoms. The van der Waals surface area contributed by atoms with Crippen LogP contribution in [-0.2, 0) is 11.3 Å². The molecule has 1 saturated heterocycles. The van der Waals surface area contributed by atoms with Gasteiger partial charge < -0.3 is 14.5 Å². The largest absolute Gasteiger partial charge is 0.383 e. The zero-order valence-electron chi connectivity index (χ0n) is 17.8. The minimum Gasteiger partial charge on any atom is -0.383 e. The molecule has 2 heterocycles. The van der Waals surface area contributed by atoms with Gasteiger partial charge in [0.05, 0.1) is 39.3 Å². The summed E-state index contributed by atoms with van der Waals surface area (Å²) >= 11 is 0. The van der Waals surface area contributed by atoms with Gasteiger partial charge in [0.15, 0.2) is 0 Å². The number of piperazine rings is 1. The van der Waals surface area contributed by atoms with Crippen molar-refractivity contribution in [2.45, 2.75) is 52.6 Å². The summed E-state index contributed by atoms with van der Waals surface area (Å²) in [5.74, 6) is 1.01. The molecule has 7 nitrogen and oxygen atoms in total. The Hall–Kier alpha value is -1.99. The van der Waals surface area contributed by atoms with Crippen LogP contribution in [0.3, 0.4) is 0 Å². The quantitative estimate of drug-likeness (QED) is 0.708. The van der Waals surface area contributed by atoms with Crippen molar-refractivity contribution in [3.05, 3.63) is 35.2 Å². The van der Waals surface area contributed by atoms with Crippen LogP contribution in [0.1, 0.15) is 49.2 Å². The second-order valence-electron chi connectivity index (χ2n) is 7.88. The third-order valence-electron chi connectivity index (χ3n) is 5.83. The van der Waals surface area contributed by atoms with Gasteiger partial charge in [-0.3, -0.25) is 0 Å². The number of hydrogen-bond donors (Lipinski definition) is 1. The Kier molecular flexibility index (Phi) is 7.39. The SMILES string of the molecule is CCCC[C@H](c1nnnn1CCOC)[NH+]1CCN(c2cc(C)ccc2C)CC1. The summed E-state index contributed by atoms with van der Waals surface area (Å²) in [6, 6.07) is 7.10. The zero-order chi connectivity index (χ0) is 19.9. The molecule has 1 aromatic carbocycles. The third-order valence-corrected chi connectivity index (χ3v) is 5.83. The van der Waals surface area contributed by atoms with Gasteiger partial charge in [-0.25, -0.2) is 4.68 Å². The fourth-order valence-electron chi connectivity index (χ4n) is 4.17. The van der Waals surface area contributed by atoms with E-state index in [9.17, 15) is 0 Å². The predicted molar refractivity (Wildman–Crippen MR) is 111 cm³/mol. The number of methoxy groups -OCH3 is 1. The van der Waals surface area contributed by atoms with Crippen molar-refractivity contribution < 1.29 is 9.64 Å². The van der Waals surface area contributed by atoms with E-state index in [0.29, 0.717) is 19.2 Å². The number of unbranched alkanes of at least 4 members (excludes halogenated alkanes) is 1. The Labute approximate surface area is 168 Å². The number of tetrazole rings is 1. The molecule has 3 rings (SSSR count). The molecule has 1 N–H and O–H groups in total. The number of nitrogens with one attached hydrogen (secondary N) is 1. The van der Waals surface area contributed by atoms with Crippen LogP contribution < -0.4 is 9.80 Å². The standard InChI is InChI=1S/C21H34N6O/c1-5-6-7-19(21-22-23-24-27(21)14-15-28-4)25-10-12-26(13-11-25)20-16-17(2)8-9-18(20)3/h8-9,16,19H,5-7,10-15H2,1-4H3/p+1/t19-/m1/s1. The summed E-state index contributed by atoms with van der Waals surface area (Å²) in [6.45, 7) is 12.3. The molecular weight excluding hydrogens is 352 g/mol. The average molecular weight is 388 g/mol. The highest BCUT2D eigenvalue weighted by molar-refractivity contribution is 5.55. The molecule has 1 aliphatic rings. The molecule has 0 amide bonds. The van der Waals surface area contributed by atoms with Crippen molar-refractivity contribution in [1.82, 2.24) is 20.2 Å². The van der Waals surface area contributed by atoms with E-state index >= 15 is 0 Å². The van der Waals surface area contributed by atoms with Gasteiger partial charge in [-0.2, -0.15) is 0 Å². The van der Waals surface area contributed by atoms with E-state index < -0.39 is 0 Å². The van der Waals surface area contributed by atoms with Crippen LogP contribution in [0.2, 0.25) is 0 Å². The molecule has 0 saturated carbocycles. The number of aryl methyl sites for hydroxylation is 2. The summed E-state index contributed by atoms with van der Waals surface area (Å²) in [4.78, 5) is 4.14. The lowest BCUT2D eigenvalue weighted by Crippen LogP contribution is -3.15. The molecule has 1 fully saturated rings. The summed E-state index contributed by atoms with van der Waals surface area (Å²) in [7, 11) is 1.72. The summed E-state index contributed by atoms with van der Waals surface area (Å²) in [5, 5.41) is 12.6. The molecule has 2 aromatic rings. The molecule has 0 unspecified atom stereocenters. The number of nitrogens with zero attached hydrogens (tertiary/aromatic N) is 5. The van der Waals surface area contributed by atoms with Crippen molar-refractivity contribution in [3.8, 4) is 0 Å². The molecular formula is C21H35N6O+. The van der Waals surface area contributed by atoms with Gasteiger partial charge in [0.1, 0.15) is 6.04 Å². The minimum absolute atomic E-state index is 0.354. The van der Waals surface area contributed by atoms with E-state index in [1.807, 2.05) is 4.68 Å². The number of rotatable bonds is 9. The summed E-state index contributed by atoms with van der Waals surface area (Å²) in [6.07, 6.45) is 3.52. The lowest BCUT2D eigenvalue weighted by atomic mass is 10.1. The number of hydrogen-bond acceptors (Lipinski definition) is 5. The molecule has 28 heavy (non-hydrogen) atoms. The predicted octanol–water partition coefficient (Wildman–Crippen LogP) is 1.57. The number of benzene rings is 1. The topological polar surface area (TPSA) is 60.5 Å². The summed E-state index contributed by atoms with van der Waals surface area (Å²) in [5.41, 5.74) is 4.07. The molecule has 1 aliphatic heterocycles. The Morgan fingerprint density at radius 2 is 2.00 bits per heavy atom. The van der Waals surface area contributed by atoms with Crippen LogP contribution in [0.4, 0.5) is 5.69 Å². The van der Waals surface area contributed by atoms with Gasteiger partial charge in [0.25, 0.3) is 0 Å². The van der Waals surface area contributed by atoms with Gasteiger partial charge in [-0.05, 0) is 47.9 Å². The van der Waals surface area contributed by atoms with Crippen molar-refractivity contribution in [1.29, 1.82) is 0 Å². The molecule has 0 bridgehead atoms. The second kappa shape index (κ2) is 9.98. The van der Waals surface area contributed by atoms with E-state index in [-0.39, 0.29) is 0 Å². The van der Waals surface area contributed by atoms with Crippen LogP contribution in [-0.4, -0.2) is 60.1 Å². The average Bonchev–Trinajstić information content (AvgIpc) is 3.17.